The number of hydrogen-bond acceptors (Lipinski definition) is 2. The molecular formula is C14H15F2N3O. The predicted octanol–water partition coefficient (Wildman–Crippen LogP) is 2.60. The molecule has 0 bridgehead atoms. The van der Waals surface area contributed by atoms with Crippen molar-refractivity contribution >= 4 is 16.9 Å². The van der Waals surface area contributed by atoms with Gasteiger partial charge in [0, 0.05) is 24.7 Å². The Morgan fingerprint density at radius 1 is 1.35 bits per heavy atom. The Kier molecular flexibility index (Phi) is 3.38. The Morgan fingerprint density at radius 2 is 2.10 bits per heavy atom. The van der Waals surface area contributed by atoms with Crippen LogP contribution in [-0.4, -0.2) is 33.4 Å². The van der Waals surface area contributed by atoms with Crippen LogP contribution in [0.3, 0.4) is 0 Å². The van der Waals surface area contributed by atoms with Gasteiger partial charge in [-0.05, 0) is 31.0 Å². The molecule has 0 aromatic carbocycles. The number of carbonyl (C=O) groups is 1. The molecule has 1 aliphatic heterocycles. The van der Waals surface area contributed by atoms with Gasteiger partial charge < -0.3 is 9.47 Å². The number of alkyl halides is 2. The van der Waals surface area contributed by atoms with Crippen molar-refractivity contribution in [2.75, 3.05) is 13.1 Å². The number of amides is 1. The van der Waals surface area contributed by atoms with E-state index in [-0.39, 0.29) is 18.1 Å². The Hall–Kier alpha value is -1.98. The van der Waals surface area contributed by atoms with Gasteiger partial charge in [0.15, 0.2) is 0 Å². The lowest BCUT2D eigenvalue weighted by Gasteiger charge is -2.17. The first-order valence-corrected chi connectivity index (χ1v) is 6.67. The molecule has 0 spiro atoms. The molecule has 0 unspecified atom stereocenters. The lowest BCUT2D eigenvalue weighted by molar-refractivity contribution is -0.130. The molecule has 2 aromatic heterocycles. The summed E-state index contributed by atoms with van der Waals surface area (Å²) in [5, 5.41) is 0.636. The predicted molar refractivity (Wildman–Crippen MR) is 70.5 cm³/mol. The number of halogens is 2. The molecule has 1 fully saturated rings. The number of fused-ring (bicyclic) bond motifs is 1. The number of aromatic nitrogens is 2. The van der Waals surface area contributed by atoms with Crippen LogP contribution in [-0.2, 0) is 11.3 Å². The molecule has 0 radical (unpaired) electrons. The van der Waals surface area contributed by atoms with E-state index in [1.165, 1.54) is 10.6 Å². The largest absolute Gasteiger partial charge is 0.341 e. The van der Waals surface area contributed by atoms with Crippen LogP contribution in [0, 0.1) is 0 Å². The Labute approximate surface area is 115 Å². The quantitative estimate of drug-likeness (QED) is 0.866. The van der Waals surface area contributed by atoms with Gasteiger partial charge in [-0.1, -0.05) is 0 Å². The second-order valence-electron chi connectivity index (χ2n) is 4.96. The van der Waals surface area contributed by atoms with E-state index in [4.69, 9.17) is 0 Å². The smallest absolute Gasteiger partial charge is 0.278 e. The second-order valence-corrected chi connectivity index (χ2v) is 4.96. The highest BCUT2D eigenvalue weighted by Crippen LogP contribution is 2.26. The molecule has 3 rings (SSSR count). The minimum absolute atomic E-state index is 0.0693. The van der Waals surface area contributed by atoms with Crippen molar-refractivity contribution in [2.24, 2.45) is 0 Å². The van der Waals surface area contributed by atoms with Crippen molar-refractivity contribution in [3.63, 3.8) is 0 Å². The molecule has 0 N–H and O–H groups in total. The summed E-state index contributed by atoms with van der Waals surface area (Å²) in [5.41, 5.74) is 0.293. The molecule has 0 saturated carbocycles. The van der Waals surface area contributed by atoms with Gasteiger partial charge in [-0.25, -0.2) is 13.8 Å². The van der Waals surface area contributed by atoms with E-state index in [0.717, 1.165) is 25.9 Å². The van der Waals surface area contributed by atoms with Gasteiger partial charge in [-0.3, -0.25) is 4.79 Å². The third kappa shape index (κ3) is 2.26. The van der Waals surface area contributed by atoms with E-state index >= 15 is 0 Å². The third-order valence-corrected chi connectivity index (χ3v) is 3.66. The third-order valence-electron chi connectivity index (χ3n) is 3.66. The summed E-state index contributed by atoms with van der Waals surface area (Å²) in [6, 6.07) is 4.83. The standard InChI is InChI=1S/C14H15F2N3O/c15-13(16)11-8-10-4-3-5-17-14(10)19(11)9-12(20)18-6-1-2-7-18/h3-5,8,13H,1-2,6-7,9H2. The van der Waals surface area contributed by atoms with Crippen molar-refractivity contribution in [3.05, 3.63) is 30.1 Å². The molecule has 0 atom stereocenters. The van der Waals surface area contributed by atoms with E-state index < -0.39 is 6.43 Å². The summed E-state index contributed by atoms with van der Waals surface area (Å²) in [6.45, 7) is 1.37. The van der Waals surface area contributed by atoms with Crippen LogP contribution < -0.4 is 0 Å². The topological polar surface area (TPSA) is 38.1 Å². The molecule has 6 heteroatoms. The van der Waals surface area contributed by atoms with E-state index in [1.54, 1.807) is 23.2 Å². The van der Waals surface area contributed by atoms with Crippen molar-refractivity contribution in [1.29, 1.82) is 0 Å². The average molecular weight is 279 g/mol. The van der Waals surface area contributed by atoms with Gasteiger partial charge in [-0.2, -0.15) is 0 Å². The minimum Gasteiger partial charge on any atom is -0.341 e. The zero-order valence-corrected chi connectivity index (χ0v) is 10.9. The van der Waals surface area contributed by atoms with Crippen molar-refractivity contribution < 1.29 is 13.6 Å². The Balaban J connectivity index is 1.96. The van der Waals surface area contributed by atoms with Crippen molar-refractivity contribution in [2.45, 2.75) is 25.8 Å². The van der Waals surface area contributed by atoms with Gasteiger partial charge in [0.05, 0.1) is 5.69 Å². The number of likely N-dealkylation sites (tertiary alicyclic amines) is 1. The van der Waals surface area contributed by atoms with Crippen LogP contribution in [0.5, 0.6) is 0 Å². The highest BCUT2D eigenvalue weighted by Gasteiger charge is 2.23. The number of pyridine rings is 1. The molecule has 2 aromatic rings. The normalized spacial score (nSPS) is 15.4. The summed E-state index contributed by atoms with van der Waals surface area (Å²) in [4.78, 5) is 18.0. The monoisotopic (exact) mass is 279 g/mol. The fourth-order valence-corrected chi connectivity index (χ4v) is 2.66. The molecule has 1 amide bonds. The van der Waals surface area contributed by atoms with Crippen LogP contribution in [0.15, 0.2) is 24.4 Å². The molecule has 106 valence electrons. The van der Waals surface area contributed by atoms with E-state index in [1.807, 2.05) is 0 Å². The number of nitrogens with zero attached hydrogens (tertiary/aromatic N) is 3. The van der Waals surface area contributed by atoms with E-state index in [0.29, 0.717) is 11.0 Å². The molecule has 3 heterocycles. The minimum atomic E-state index is -2.62. The first kappa shape index (κ1) is 13.0. The zero-order chi connectivity index (χ0) is 14.1. The summed E-state index contributed by atoms with van der Waals surface area (Å²) in [7, 11) is 0. The summed E-state index contributed by atoms with van der Waals surface area (Å²) in [6.07, 6.45) is 0.903. The van der Waals surface area contributed by atoms with Crippen LogP contribution in [0.2, 0.25) is 0 Å². The maximum absolute atomic E-state index is 13.1. The highest BCUT2D eigenvalue weighted by atomic mass is 19.3. The first-order chi connectivity index (χ1) is 9.66. The first-order valence-electron chi connectivity index (χ1n) is 6.67. The fraction of sp³-hybridized carbons (Fsp3) is 0.429. The van der Waals surface area contributed by atoms with Crippen LogP contribution in [0.1, 0.15) is 25.0 Å². The Morgan fingerprint density at radius 3 is 2.80 bits per heavy atom. The van der Waals surface area contributed by atoms with E-state index in [2.05, 4.69) is 4.98 Å². The molecule has 0 aliphatic carbocycles. The molecule has 20 heavy (non-hydrogen) atoms. The second kappa shape index (κ2) is 5.19. The van der Waals surface area contributed by atoms with Gasteiger partial charge >= 0.3 is 0 Å². The van der Waals surface area contributed by atoms with E-state index in [9.17, 15) is 13.6 Å². The van der Waals surface area contributed by atoms with Crippen LogP contribution in [0.4, 0.5) is 8.78 Å². The number of hydrogen-bond donors (Lipinski definition) is 0. The van der Waals surface area contributed by atoms with Crippen molar-refractivity contribution in [1.82, 2.24) is 14.5 Å². The summed E-state index contributed by atoms with van der Waals surface area (Å²) >= 11 is 0. The SMILES string of the molecule is O=C(Cn1c(C(F)F)cc2cccnc21)N1CCCC1. The highest BCUT2D eigenvalue weighted by molar-refractivity contribution is 5.82. The Bertz CT molecular complexity index is 632. The zero-order valence-electron chi connectivity index (χ0n) is 10.9. The summed E-state index contributed by atoms with van der Waals surface area (Å²) < 4.78 is 27.6. The molecule has 4 nitrogen and oxygen atoms in total. The molecule has 1 aliphatic rings. The van der Waals surface area contributed by atoms with Crippen molar-refractivity contribution in [3.8, 4) is 0 Å². The van der Waals surface area contributed by atoms with Gasteiger partial charge in [0.1, 0.15) is 12.2 Å². The number of rotatable bonds is 3. The lowest BCUT2D eigenvalue weighted by Crippen LogP contribution is -2.31. The molecular weight excluding hydrogens is 264 g/mol. The average Bonchev–Trinajstić information content (AvgIpc) is 3.06. The van der Waals surface area contributed by atoms with Crippen LogP contribution in [0.25, 0.3) is 11.0 Å². The maximum atomic E-state index is 13.1. The lowest BCUT2D eigenvalue weighted by atomic mass is 10.3. The summed E-state index contributed by atoms with van der Waals surface area (Å²) in [5.74, 6) is -0.118. The van der Waals surface area contributed by atoms with Crippen LogP contribution >= 0.6 is 0 Å². The van der Waals surface area contributed by atoms with Gasteiger partial charge in [0.2, 0.25) is 5.91 Å². The maximum Gasteiger partial charge on any atom is 0.278 e. The van der Waals surface area contributed by atoms with Gasteiger partial charge in [0.25, 0.3) is 6.43 Å². The number of carbonyl (C=O) groups excluding carboxylic acids is 1. The molecule has 1 saturated heterocycles. The van der Waals surface area contributed by atoms with Gasteiger partial charge in [-0.15, -0.1) is 0 Å². The fourth-order valence-electron chi connectivity index (χ4n) is 2.66.